The normalized spacial score (nSPS) is 16.1. The highest BCUT2D eigenvalue weighted by molar-refractivity contribution is 14.0. The standard InChI is InChI=1S/C21H42N4O2.HI/c1-6-9-10-18(7-2)15-22-20(23-16-19(26)25(4)5)24-17-21(11-12-21)13-14-27-8-3;/h18H,6-17H2,1-5H3,(H2,22,23,24);1H. The Morgan fingerprint density at radius 2 is 1.93 bits per heavy atom. The average Bonchev–Trinajstić information content (AvgIpc) is 3.43. The summed E-state index contributed by atoms with van der Waals surface area (Å²) in [6.45, 7) is 10.1. The number of likely N-dealkylation sites (N-methyl/N-ethyl adjacent to an activating group) is 1. The van der Waals surface area contributed by atoms with E-state index in [0.29, 0.717) is 11.3 Å². The molecule has 1 saturated carbocycles. The van der Waals surface area contributed by atoms with Gasteiger partial charge >= 0.3 is 0 Å². The molecule has 1 atom stereocenters. The fraction of sp³-hybridized carbons (Fsp3) is 0.905. The Labute approximate surface area is 189 Å². The van der Waals surface area contributed by atoms with Crippen molar-refractivity contribution in [1.82, 2.24) is 15.5 Å². The number of hydrogen-bond donors (Lipinski definition) is 2. The van der Waals surface area contributed by atoms with Crippen LogP contribution < -0.4 is 10.6 Å². The zero-order valence-electron chi connectivity index (χ0n) is 18.7. The van der Waals surface area contributed by atoms with Gasteiger partial charge in [0.1, 0.15) is 6.54 Å². The first-order chi connectivity index (χ1) is 13.0. The average molecular weight is 511 g/mol. The number of halogens is 1. The molecule has 0 aromatic rings. The van der Waals surface area contributed by atoms with E-state index in [1.54, 1.807) is 19.0 Å². The van der Waals surface area contributed by atoms with Gasteiger partial charge in [-0.3, -0.25) is 4.79 Å². The molecule has 0 aromatic heterocycles. The second-order valence-corrected chi connectivity index (χ2v) is 8.05. The predicted molar refractivity (Wildman–Crippen MR) is 128 cm³/mol. The van der Waals surface area contributed by atoms with Gasteiger partial charge in [0.25, 0.3) is 0 Å². The number of amides is 1. The largest absolute Gasteiger partial charge is 0.382 e. The summed E-state index contributed by atoms with van der Waals surface area (Å²) in [6.07, 6.45) is 8.47. The van der Waals surface area contributed by atoms with E-state index in [1.165, 1.54) is 32.1 Å². The predicted octanol–water partition coefficient (Wildman–Crippen LogP) is 3.65. The third-order valence-electron chi connectivity index (χ3n) is 5.54. The third kappa shape index (κ3) is 11.4. The summed E-state index contributed by atoms with van der Waals surface area (Å²) in [7, 11) is 3.53. The SMILES string of the molecule is CCCCC(CC)CNC(=NCC(=O)N(C)C)NCC1(CCOCC)CC1.I. The van der Waals surface area contributed by atoms with E-state index in [-0.39, 0.29) is 36.4 Å². The topological polar surface area (TPSA) is 66.0 Å². The van der Waals surface area contributed by atoms with Crippen molar-refractivity contribution < 1.29 is 9.53 Å². The molecule has 0 saturated heterocycles. The highest BCUT2D eigenvalue weighted by atomic mass is 127. The third-order valence-corrected chi connectivity index (χ3v) is 5.54. The van der Waals surface area contributed by atoms with Crippen LogP contribution in [0.15, 0.2) is 4.99 Å². The van der Waals surface area contributed by atoms with Crippen LogP contribution in [0.2, 0.25) is 0 Å². The van der Waals surface area contributed by atoms with E-state index < -0.39 is 0 Å². The van der Waals surface area contributed by atoms with Crippen LogP contribution in [0.25, 0.3) is 0 Å². The minimum atomic E-state index is 0. The van der Waals surface area contributed by atoms with Gasteiger partial charge in [0, 0.05) is 40.4 Å². The van der Waals surface area contributed by atoms with Crippen LogP contribution in [0, 0.1) is 11.3 Å². The van der Waals surface area contributed by atoms with E-state index in [2.05, 4.69) is 29.5 Å². The van der Waals surface area contributed by atoms with Crippen molar-refractivity contribution in [1.29, 1.82) is 0 Å². The summed E-state index contributed by atoms with van der Waals surface area (Å²) in [5.74, 6) is 1.43. The van der Waals surface area contributed by atoms with Crippen molar-refractivity contribution in [2.75, 3.05) is 46.9 Å². The molecule has 0 spiro atoms. The van der Waals surface area contributed by atoms with Crippen molar-refractivity contribution in [2.45, 2.75) is 65.7 Å². The maximum Gasteiger partial charge on any atom is 0.243 e. The molecule has 1 rings (SSSR count). The molecule has 28 heavy (non-hydrogen) atoms. The molecule has 0 aliphatic heterocycles. The molecule has 2 N–H and O–H groups in total. The molecular weight excluding hydrogens is 467 g/mol. The molecule has 1 unspecified atom stereocenters. The maximum absolute atomic E-state index is 11.9. The van der Waals surface area contributed by atoms with E-state index in [4.69, 9.17) is 4.74 Å². The van der Waals surface area contributed by atoms with Crippen molar-refractivity contribution in [3.8, 4) is 0 Å². The molecule has 6 nitrogen and oxygen atoms in total. The van der Waals surface area contributed by atoms with E-state index >= 15 is 0 Å². The summed E-state index contributed by atoms with van der Waals surface area (Å²) in [5, 5.41) is 6.97. The van der Waals surface area contributed by atoms with Gasteiger partial charge in [-0.05, 0) is 43.9 Å². The molecule has 0 bridgehead atoms. The number of nitrogens with one attached hydrogen (secondary N) is 2. The molecule has 166 valence electrons. The van der Waals surface area contributed by atoms with Crippen LogP contribution in [0.5, 0.6) is 0 Å². The number of rotatable bonds is 14. The van der Waals surface area contributed by atoms with Crippen LogP contribution in [-0.4, -0.2) is 63.7 Å². The van der Waals surface area contributed by atoms with Crippen molar-refractivity contribution in [3.05, 3.63) is 0 Å². The summed E-state index contributed by atoms with van der Waals surface area (Å²) in [4.78, 5) is 18.0. The molecule has 0 radical (unpaired) electrons. The Kier molecular flexibility index (Phi) is 15.0. The Morgan fingerprint density at radius 1 is 1.21 bits per heavy atom. The Morgan fingerprint density at radius 3 is 2.46 bits per heavy atom. The second-order valence-electron chi connectivity index (χ2n) is 8.05. The molecule has 1 fully saturated rings. The van der Waals surface area contributed by atoms with E-state index in [9.17, 15) is 4.79 Å². The lowest BCUT2D eigenvalue weighted by molar-refractivity contribution is -0.127. The highest BCUT2D eigenvalue weighted by Gasteiger charge is 2.42. The number of ether oxygens (including phenoxy) is 1. The zero-order valence-corrected chi connectivity index (χ0v) is 21.0. The van der Waals surface area contributed by atoms with Crippen LogP contribution in [0.3, 0.4) is 0 Å². The fourth-order valence-electron chi connectivity index (χ4n) is 3.04. The zero-order chi connectivity index (χ0) is 20.1. The number of aliphatic imine (C=N–C) groups is 1. The van der Waals surface area contributed by atoms with Gasteiger partial charge in [-0.2, -0.15) is 0 Å². The minimum absolute atomic E-state index is 0. The number of unbranched alkanes of at least 4 members (excludes halogenated alkanes) is 1. The Hall–Kier alpha value is -0.570. The fourth-order valence-corrected chi connectivity index (χ4v) is 3.04. The number of carbonyl (C=O) groups excluding carboxylic acids is 1. The number of nitrogens with zero attached hydrogens (tertiary/aromatic N) is 2. The molecule has 1 aliphatic carbocycles. The lowest BCUT2D eigenvalue weighted by Gasteiger charge is -2.21. The first kappa shape index (κ1) is 27.4. The highest BCUT2D eigenvalue weighted by Crippen LogP contribution is 2.48. The monoisotopic (exact) mass is 510 g/mol. The molecule has 0 aromatic carbocycles. The summed E-state index contributed by atoms with van der Waals surface area (Å²) in [5.41, 5.74) is 0.343. The molecular formula is C21H43IN4O2. The van der Waals surface area contributed by atoms with Crippen molar-refractivity contribution in [3.63, 3.8) is 0 Å². The quantitative estimate of drug-likeness (QED) is 0.162. The van der Waals surface area contributed by atoms with Gasteiger partial charge in [0.15, 0.2) is 5.96 Å². The lowest BCUT2D eigenvalue weighted by atomic mass is 9.99. The van der Waals surface area contributed by atoms with Gasteiger partial charge < -0.3 is 20.3 Å². The summed E-state index contributed by atoms with van der Waals surface area (Å²) in [6, 6.07) is 0. The second kappa shape index (κ2) is 15.3. The van der Waals surface area contributed by atoms with Gasteiger partial charge in [-0.1, -0.05) is 33.1 Å². The molecule has 1 aliphatic rings. The van der Waals surface area contributed by atoms with Gasteiger partial charge in [-0.15, -0.1) is 24.0 Å². The first-order valence-corrected chi connectivity index (χ1v) is 10.8. The van der Waals surface area contributed by atoms with Crippen molar-refractivity contribution in [2.24, 2.45) is 16.3 Å². The number of guanidine groups is 1. The smallest absolute Gasteiger partial charge is 0.243 e. The van der Waals surface area contributed by atoms with Crippen molar-refractivity contribution >= 4 is 35.8 Å². The molecule has 7 heteroatoms. The summed E-state index contributed by atoms with van der Waals surface area (Å²) < 4.78 is 5.53. The molecule has 0 heterocycles. The van der Waals surface area contributed by atoms with E-state index in [0.717, 1.165) is 45.1 Å². The minimum Gasteiger partial charge on any atom is -0.382 e. The number of hydrogen-bond acceptors (Lipinski definition) is 3. The maximum atomic E-state index is 11.9. The lowest BCUT2D eigenvalue weighted by Crippen LogP contribution is -2.43. The Bertz CT molecular complexity index is 454. The van der Waals surface area contributed by atoms with Crippen LogP contribution in [0.4, 0.5) is 0 Å². The van der Waals surface area contributed by atoms with Crippen LogP contribution in [-0.2, 0) is 9.53 Å². The first-order valence-electron chi connectivity index (χ1n) is 10.8. The van der Waals surface area contributed by atoms with Gasteiger partial charge in [-0.25, -0.2) is 4.99 Å². The van der Waals surface area contributed by atoms with E-state index in [1.807, 2.05) is 6.92 Å². The van der Waals surface area contributed by atoms with Crippen LogP contribution in [0.1, 0.15) is 65.7 Å². The Balaban J connectivity index is 0.00000729. The van der Waals surface area contributed by atoms with Gasteiger partial charge in [0.05, 0.1) is 0 Å². The van der Waals surface area contributed by atoms with Crippen LogP contribution >= 0.6 is 24.0 Å². The number of carbonyl (C=O) groups is 1. The summed E-state index contributed by atoms with van der Waals surface area (Å²) >= 11 is 0. The van der Waals surface area contributed by atoms with Gasteiger partial charge in [0.2, 0.25) is 5.91 Å². The molecule has 1 amide bonds.